The van der Waals surface area contributed by atoms with Gasteiger partial charge in [-0.3, -0.25) is 9.59 Å². The summed E-state index contributed by atoms with van der Waals surface area (Å²) in [6.45, 7) is 2.04. The number of nitrogen functional groups attached to an aromatic ring is 1. The molecule has 29 heavy (non-hydrogen) atoms. The lowest BCUT2D eigenvalue weighted by molar-refractivity contribution is -0.123. The Morgan fingerprint density at radius 1 is 1.14 bits per heavy atom. The Hall–Kier alpha value is -3.68. The van der Waals surface area contributed by atoms with Crippen LogP contribution in [0.2, 0.25) is 0 Å². The van der Waals surface area contributed by atoms with Gasteiger partial charge in [-0.15, -0.1) is 0 Å². The number of rotatable bonds is 7. The molecule has 2 aromatic heterocycles. The molecule has 0 saturated heterocycles. The van der Waals surface area contributed by atoms with Crippen LogP contribution in [0.15, 0.2) is 54.9 Å². The summed E-state index contributed by atoms with van der Waals surface area (Å²) >= 11 is 0. The van der Waals surface area contributed by atoms with E-state index < -0.39 is 6.04 Å². The van der Waals surface area contributed by atoms with Crippen LogP contribution < -0.4 is 16.4 Å². The van der Waals surface area contributed by atoms with Gasteiger partial charge in [-0.1, -0.05) is 18.2 Å². The summed E-state index contributed by atoms with van der Waals surface area (Å²) in [7, 11) is 0. The first-order chi connectivity index (χ1) is 13.9. The SMILES string of the molecule is Cc1cc[nH]c1C(=O)N[C@@H](Cc1ccc(F)cc1)C(=O)NCc1ccc(N)nc1. The highest BCUT2D eigenvalue weighted by Gasteiger charge is 2.23. The zero-order valence-electron chi connectivity index (χ0n) is 15.9. The molecule has 0 bridgehead atoms. The summed E-state index contributed by atoms with van der Waals surface area (Å²) in [6, 6.07) is 10.2. The smallest absolute Gasteiger partial charge is 0.268 e. The van der Waals surface area contributed by atoms with Gasteiger partial charge in [0.2, 0.25) is 5.91 Å². The zero-order valence-corrected chi connectivity index (χ0v) is 15.9. The molecule has 0 aliphatic heterocycles. The number of pyridine rings is 1. The molecular weight excluding hydrogens is 373 g/mol. The van der Waals surface area contributed by atoms with Crippen LogP contribution in [0.5, 0.6) is 0 Å². The second-order valence-electron chi connectivity index (χ2n) is 6.70. The molecule has 150 valence electrons. The van der Waals surface area contributed by atoms with Gasteiger partial charge in [-0.05, 0) is 47.9 Å². The number of aromatic amines is 1. The molecule has 0 radical (unpaired) electrons. The summed E-state index contributed by atoms with van der Waals surface area (Å²) < 4.78 is 13.2. The van der Waals surface area contributed by atoms with Crippen LogP contribution in [0.3, 0.4) is 0 Å². The molecule has 0 fully saturated rings. The Morgan fingerprint density at radius 3 is 2.48 bits per heavy atom. The molecule has 3 rings (SSSR count). The molecule has 1 atom stereocenters. The van der Waals surface area contributed by atoms with Crippen LogP contribution in [0, 0.1) is 12.7 Å². The molecule has 2 amide bonds. The van der Waals surface area contributed by atoms with Crippen molar-refractivity contribution < 1.29 is 14.0 Å². The van der Waals surface area contributed by atoms with Crippen molar-refractivity contribution in [3.8, 4) is 0 Å². The Balaban J connectivity index is 1.72. The monoisotopic (exact) mass is 395 g/mol. The maximum absolute atomic E-state index is 13.2. The predicted octanol–water partition coefficient (Wildman–Crippen LogP) is 2.10. The summed E-state index contributed by atoms with van der Waals surface area (Å²) in [5.74, 6) is -0.716. The molecule has 5 N–H and O–H groups in total. The van der Waals surface area contributed by atoms with E-state index in [4.69, 9.17) is 5.73 Å². The summed E-state index contributed by atoms with van der Waals surface area (Å²) in [6.07, 6.45) is 3.45. The number of hydrogen-bond acceptors (Lipinski definition) is 4. The van der Waals surface area contributed by atoms with E-state index in [-0.39, 0.29) is 30.6 Å². The van der Waals surface area contributed by atoms with Gasteiger partial charge in [0.1, 0.15) is 23.4 Å². The molecular formula is C21H22FN5O2. The third kappa shape index (κ3) is 5.41. The fraction of sp³-hybridized carbons (Fsp3) is 0.190. The molecule has 7 nitrogen and oxygen atoms in total. The summed E-state index contributed by atoms with van der Waals surface area (Å²) in [5, 5.41) is 5.55. The minimum absolute atomic E-state index is 0.220. The van der Waals surface area contributed by atoms with Gasteiger partial charge in [-0.2, -0.15) is 0 Å². The fourth-order valence-electron chi connectivity index (χ4n) is 2.84. The van der Waals surface area contributed by atoms with Gasteiger partial charge in [0.25, 0.3) is 5.91 Å². The van der Waals surface area contributed by atoms with E-state index in [0.717, 1.165) is 16.7 Å². The first kappa shape index (κ1) is 20.1. The summed E-state index contributed by atoms with van der Waals surface area (Å²) in [4.78, 5) is 32.2. The van der Waals surface area contributed by atoms with E-state index in [1.54, 1.807) is 49.6 Å². The first-order valence-electron chi connectivity index (χ1n) is 9.10. The van der Waals surface area contributed by atoms with Gasteiger partial charge in [0, 0.05) is 25.4 Å². The predicted molar refractivity (Wildman–Crippen MR) is 107 cm³/mol. The topological polar surface area (TPSA) is 113 Å². The molecule has 8 heteroatoms. The van der Waals surface area contributed by atoms with Crippen molar-refractivity contribution in [2.24, 2.45) is 0 Å². The highest BCUT2D eigenvalue weighted by Crippen LogP contribution is 2.09. The standard InChI is InChI=1S/C21H22FN5O2/c1-13-8-9-24-19(13)21(29)27-17(10-14-2-5-16(22)6-3-14)20(28)26-12-15-4-7-18(23)25-11-15/h2-9,11,17,24H,10,12H2,1H3,(H2,23,25)(H,26,28)(H,27,29)/t17-/m0/s1. The number of anilines is 1. The molecule has 1 aromatic carbocycles. The third-order valence-electron chi connectivity index (χ3n) is 4.47. The highest BCUT2D eigenvalue weighted by molar-refractivity contribution is 5.97. The van der Waals surface area contributed by atoms with Crippen molar-refractivity contribution in [3.05, 3.63) is 83.1 Å². The number of halogens is 1. The molecule has 0 aliphatic carbocycles. The maximum atomic E-state index is 13.2. The average molecular weight is 395 g/mol. The van der Waals surface area contributed by atoms with E-state index in [1.165, 1.54) is 12.1 Å². The third-order valence-corrected chi connectivity index (χ3v) is 4.47. The second kappa shape index (κ2) is 9.01. The van der Waals surface area contributed by atoms with Crippen LogP contribution in [-0.4, -0.2) is 27.8 Å². The number of H-pyrrole nitrogens is 1. The van der Waals surface area contributed by atoms with Crippen LogP contribution in [0.1, 0.15) is 27.2 Å². The molecule has 0 aliphatic rings. The van der Waals surface area contributed by atoms with Crippen molar-refractivity contribution in [1.82, 2.24) is 20.6 Å². The number of hydrogen-bond donors (Lipinski definition) is 4. The van der Waals surface area contributed by atoms with Gasteiger partial charge < -0.3 is 21.4 Å². The van der Waals surface area contributed by atoms with E-state index in [2.05, 4.69) is 20.6 Å². The largest absolute Gasteiger partial charge is 0.384 e. The lowest BCUT2D eigenvalue weighted by Crippen LogP contribution is -2.48. The van der Waals surface area contributed by atoms with Crippen LogP contribution in [0.25, 0.3) is 0 Å². The van der Waals surface area contributed by atoms with Gasteiger partial charge >= 0.3 is 0 Å². The van der Waals surface area contributed by atoms with Gasteiger partial charge in [0.05, 0.1) is 0 Å². The zero-order chi connectivity index (χ0) is 20.8. The number of nitrogens with zero attached hydrogens (tertiary/aromatic N) is 1. The first-order valence-corrected chi connectivity index (χ1v) is 9.10. The minimum Gasteiger partial charge on any atom is -0.384 e. The molecule has 0 unspecified atom stereocenters. The number of aromatic nitrogens is 2. The quantitative estimate of drug-likeness (QED) is 0.491. The van der Waals surface area contributed by atoms with Crippen molar-refractivity contribution in [2.45, 2.75) is 25.9 Å². The van der Waals surface area contributed by atoms with Crippen LogP contribution in [0.4, 0.5) is 10.2 Å². The van der Waals surface area contributed by atoms with E-state index >= 15 is 0 Å². The van der Waals surface area contributed by atoms with Crippen LogP contribution in [-0.2, 0) is 17.8 Å². The molecule has 2 heterocycles. The lowest BCUT2D eigenvalue weighted by Gasteiger charge is -2.19. The Morgan fingerprint density at radius 2 is 1.86 bits per heavy atom. The minimum atomic E-state index is -0.836. The fourth-order valence-corrected chi connectivity index (χ4v) is 2.84. The summed E-state index contributed by atoms with van der Waals surface area (Å²) in [5.41, 5.74) is 8.24. The number of amides is 2. The van der Waals surface area contributed by atoms with Gasteiger partial charge in [-0.25, -0.2) is 9.37 Å². The average Bonchev–Trinajstić information content (AvgIpc) is 3.14. The van der Waals surface area contributed by atoms with Crippen molar-refractivity contribution in [2.75, 3.05) is 5.73 Å². The second-order valence-corrected chi connectivity index (χ2v) is 6.70. The number of nitrogens with one attached hydrogen (secondary N) is 3. The number of benzene rings is 1. The Bertz CT molecular complexity index is 983. The van der Waals surface area contributed by atoms with E-state index in [9.17, 15) is 14.0 Å². The van der Waals surface area contributed by atoms with Gasteiger partial charge in [0.15, 0.2) is 0 Å². The normalized spacial score (nSPS) is 11.7. The van der Waals surface area contributed by atoms with Crippen LogP contribution >= 0.6 is 0 Å². The number of nitrogens with two attached hydrogens (primary N) is 1. The number of carbonyl (C=O) groups excluding carboxylic acids is 2. The molecule has 3 aromatic rings. The molecule has 0 spiro atoms. The maximum Gasteiger partial charge on any atom is 0.268 e. The van der Waals surface area contributed by atoms with Crippen molar-refractivity contribution in [3.63, 3.8) is 0 Å². The lowest BCUT2D eigenvalue weighted by atomic mass is 10.0. The number of carbonyl (C=O) groups is 2. The highest BCUT2D eigenvalue weighted by atomic mass is 19.1. The molecule has 0 saturated carbocycles. The van der Waals surface area contributed by atoms with E-state index in [1.807, 2.05) is 0 Å². The van der Waals surface area contributed by atoms with Crippen molar-refractivity contribution in [1.29, 1.82) is 0 Å². The van der Waals surface area contributed by atoms with Crippen molar-refractivity contribution >= 4 is 17.6 Å². The Kier molecular flexibility index (Phi) is 6.23. The van der Waals surface area contributed by atoms with E-state index in [0.29, 0.717) is 11.5 Å². The number of aryl methyl sites for hydroxylation is 1. The Labute approximate surface area is 167 Å².